The van der Waals surface area contributed by atoms with Gasteiger partial charge in [0.25, 0.3) is 0 Å². The van der Waals surface area contributed by atoms with Gasteiger partial charge in [0, 0.05) is 19.7 Å². The van der Waals surface area contributed by atoms with E-state index in [0.717, 1.165) is 0 Å². The van der Waals surface area contributed by atoms with Gasteiger partial charge in [-0.15, -0.1) is 10.2 Å². The first-order valence-corrected chi connectivity index (χ1v) is 9.39. The second-order valence-electron chi connectivity index (χ2n) is 6.76. The van der Waals surface area contributed by atoms with Crippen LogP contribution in [0.5, 0.6) is 17.2 Å². The molecule has 0 fully saturated rings. The molecular weight excluding hydrogens is 420 g/mol. The summed E-state index contributed by atoms with van der Waals surface area (Å²) in [5, 5.41) is 26.0. The number of nitrogens with zero attached hydrogens (tertiary/aromatic N) is 8. The van der Waals surface area contributed by atoms with E-state index in [4.69, 9.17) is 19.9 Å². The van der Waals surface area contributed by atoms with Gasteiger partial charge >= 0.3 is 0 Å². The monoisotopic (exact) mass is 440 g/mol. The highest BCUT2D eigenvalue weighted by Crippen LogP contribution is 2.40. The Hall–Kier alpha value is -4.49. The zero-order valence-electron chi connectivity index (χ0n) is 17.3. The second-order valence-corrected chi connectivity index (χ2v) is 6.76. The van der Waals surface area contributed by atoms with E-state index in [1.165, 1.54) is 18.3 Å². The molecule has 0 saturated heterocycles. The largest absolute Gasteiger partial charge is 0.483 e. The summed E-state index contributed by atoms with van der Waals surface area (Å²) in [6.45, 7) is 0.246. The third-order valence-corrected chi connectivity index (χ3v) is 4.19. The number of carbonyl (C=O) groups is 1. The Labute approximate surface area is 181 Å². The lowest BCUT2D eigenvalue weighted by Gasteiger charge is -2.17. The van der Waals surface area contributed by atoms with E-state index < -0.39 is 5.91 Å². The molecule has 0 aliphatic carbocycles. The molecule has 4 rings (SSSR count). The van der Waals surface area contributed by atoms with Crippen molar-refractivity contribution in [3.63, 3.8) is 0 Å². The summed E-state index contributed by atoms with van der Waals surface area (Å²) >= 11 is 0. The Kier molecular flexibility index (Phi) is 5.91. The van der Waals surface area contributed by atoms with Gasteiger partial charge in [-0.2, -0.15) is 15.4 Å². The van der Waals surface area contributed by atoms with E-state index in [1.54, 1.807) is 35.9 Å². The van der Waals surface area contributed by atoms with E-state index in [-0.39, 0.29) is 42.6 Å². The highest BCUT2D eigenvalue weighted by Gasteiger charge is 2.19. The molecule has 0 saturated carbocycles. The summed E-state index contributed by atoms with van der Waals surface area (Å²) in [4.78, 5) is 11.9. The third-order valence-electron chi connectivity index (χ3n) is 4.19. The summed E-state index contributed by atoms with van der Waals surface area (Å²) < 4.78 is 20.8. The first kappa shape index (κ1) is 20.8. The molecule has 0 atom stereocenters. The highest BCUT2D eigenvalue weighted by molar-refractivity contribution is 5.94. The van der Waals surface area contributed by atoms with Gasteiger partial charge in [0.1, 0.15) is 36.9 Å². The van der Waals surface area contributed by atoms with Crippen molar-refractivity contribution in [1.82, 2.24) is 45.4 Å². The van der Waals surface area contributed by atoms with Crippen molar-refractivity contribution in [3.8, 4) is 17.2 Å². The van der Waals surface area contributed by atoms with Crippen LogP contribution in [0.4, 0.5) is 0 Å². The fraction of sp³-hybridized carbons (Fsp3) is 0.278. The lowest BCUT2D eigenvalue weighted by atomic mass is 10.1. The standard InChI is InChI=1S/C18H20N10O4/c1-27-6-13(22-25-27)9-31-16-4-11(18(19)29)3-15(30-8-12-5-20-24-21-12)17(16)32-10-14-7-28(2)26-23-14/h3-7H,8-10H2,1-2H3,(H2,19,29)(H,20,21,24). The molecule has 0 aliphatic heterocycles. The second kappa shape index (κ2) is 9.11. The van der Waals surface area contributed by atoms with E-state index in [0.29, 0.717) is 17.1 Å². The maximum Gasteiger partial charge on any atom is 0.248 e. The Bertz CT molecular complexity index is 1200. The number of hydrogen-bond acceptors (Lipinski definition) is 10. The topological polar surface area (TPSA) is 174 Å². The van der Waals surface area contributed by atoms with E-state index >= 15 is 0 Å². The van der Waals surface area contributed by atoms with Gasteiger partial charge in [-0.3, -0.25) is 14.2 Å². The molecule has 0 spiro atoms. The highest BCUT2D eigenvalue weighted by atomic mass is 16.5. The van der Waals surface area contributed by atoms with Gasteiger partial charge in [-0.25, -0.2) is 0 Å². The molecule has 3 aromatic heterocycles. The number of rotatable bonds is 10. The van der Waals surface area contributed by atoms with Crippen LogP contribution in [0.25, 0.3) is 0 Å². The molecule has 4 aromatic rings. The predicted molar refractivity (Wildman–Crippen MR) is 106 cm³/mol. The van der Waals surface area contributed by atoms with Crippen LogP contribution in [0.15, 0.2) is 30.7 Å². The molecule has 0 radical (unpaired) electrons. The molecule has 0 aliphatic rings. The maximum atomic E-state index is 11.9. The smallest absolute Gasteiger partial charge is 0.248 e. The van der Waals surface area contributed by atoms with E-state index in [9.17, 15) is 4.79 Å². The predicted octanol–water partition coefficient (Wildman–Crippen LogP) is -0.102. The molecule has 0 unspecified atom stereocenters. The fourth-order valence-corrected chi connectivity index (χ4v) is 2.74. The molecule has 1 aromatic carbocycles. The first-order valence-electron chi connectivity index (χ1n) is 9.39. The summed E-state index contributed by atoms with van der Waals surface area (Å²) in [6, 6.07) is 2.96. The summed E-state index contributed by atoms with van der Waals surface area (Å²) in [5.41, 5.74) is 7.42. The molecule has 3 heterocycles. The van der Waals surface area contributed by atoms with Crippen molar-refractivity contribution < 1.29 is 19.0 Å². The zero-order chi connectivity index (χ0) is 22.5. The van der Waals surface area contributed by atoms with Crippen molar-refractivity contribution >= 4 is 5.91 Å². The Balaban J connectivity index is 1.64. The third kappa shape index (κ3) is 4.97. The number of H-pyrrole nitrogens is 1. The molecule has 14 heteroatoms. The number of amides is 1. The number of hydrogen-bond donors (Lipinski definition) is 2. The quantitative estimate of drug-likeness (QED) is 0.339. The first-order chi connectivity index (χ1) is 15.5. The Morgan fingerprint density at radius 2 is 1.50 bits per heavy atom. The summed E-state index contributed by atoms with van der Waals surface area (Å²) in [6.07, 6.45) is 4.94. The molecule has 32 heavy (non-hydrogen) atoms. The molecule has 0 bridgehead atoms. The lowest BCUT2D eigenvalue weighted by molar-refractivity contribution is 0.0999. The van der Waals surface area contributed by atoms with E-state index in [1.807, 2.05) is 0 Å². The van der Waals surface area contributed by atoms with Crippen molar-refractivity contribution in [2.45, 2.75) is 19.8 Å². The van der Waals surface area contributed by atoms with Gasteiger partial charge in [-0.05, 0) is 12.1 Å². The van der Waals surface area contributed by atoms with Gasteiger partial charge in [0.15, 0.2) is 11.5 Å². The number of ether oxygens (including phenoxy) is 3. The van der Waals surface area contributed by atoms with Gasteiger partial charge in [-0.1, -0.05) is 10.4 Å². The van der Waals surface area contributed by atoms with Crippen LogP contribution >= 0.6 is 0 Å². The summed E-state index contributed by atoms with van der Waals surface area (Å²) in [7, 11) is 3.50. The molecular formula is C18H20N10O4. The number of nitrogens with one attached hydrogen (secondary N) is 1. The number of benzene rings is 1. The fourth-order valence-electron chi connectivity index (χ4n) is 2.74. The SMILES string of the molecule is Cn1cc(COc2cc(C(N)=O)cc(OCc3cn[nH]n3)c2OCc2cn(C)nn2)nn1. The van der Waals surface area contributed by atoms with Gasteiger partial charge < -0.3 is 19.9 Å². The molecule has 14 nitrogen and oxygen atoms in total. The van der Waals surface area contributed by atoms with Crippen LogP contribution in [0.3, 0.4) is 0 Å². The number of primary amides is 1. The number of aromatic nitrogens is 9. The van der Waals surface area contributed by atoms with E-state index in [2.05, 4.69) is 36.0 Å². The number of carbonyl (C=O) groups excluding carboxylic acids is 1. The summed E-state index contributed by atoms with van der Waals surface area (Å²) in [5.74, 6) is 0.0856. The lowest BCUT2D eigenvalue weighted by Crippen LogP contribution is -2.13. The number of aromatic amines is 1. The molecule has 166 valence electrons. The number of nitrogens with two attached hydrogens (primary N) is 1. The van der Waals surface area contributed by atoms with Crippen LogP contribution in [-0.2, 0) is 33.9 Å². The average molecular weight is 440 g/mol. The zero-order valence-corrected chi connectivity index (χ0v) is 17.3. The molecule has 1 amide bonds. The van der Waals surface area contributed by atoms with Crippen molar-refractivity contribution in [2.75, 3.05) is 0 Å². The van der Waals surface area contributed by atoms with Crippen LogP contribution in [-0.4, -0.2) is 51.3 Å². The van der Waals surface area contributed by atoms with Crippen LogP contribution in [0, 0.1) is 0 Å². The van der Waals surface area contributed by atoms with Crippen LogP contribution < -0.4 is 19.9 Å². The number of aryl methyl sites for hydroxylation is 2. The minimum Gasteiger partial charge on any atom is -0.483 e. The van der Waals surface area contributed by atoms with Crippen LogP contribution in [0.2, 0.25) is 0 Å². The minimum atomic E-state index is -0.652. The minimum absolute atomic E-state index is 0.0732. The van der Waals surface area contributed by atoms with Crippen molar-refractivity contribution in [1.29, 1.82) is 0 Å². The maximum absolute atomic E-state index is 11.9. The van der Waals surface area contributed by atoms with Gasteiger partial charge in [0.05, 0.1) is 18.6 Å². The Morgan fingerprint density at radius 1 is 0.938 bits per heavy atom. The Morgan fingerprint density at radius 3 is 1.97 bits per heavy atom. The normalized spacial score (nSPS) is 10.8. The van der Waals surface area contributed by atoms with Gasteiger partial charge in [0.2, 0.25) is 11.7 Å². The van der Waals surface area contributed by atoms with Crippen molar-refractivity contribution in [3.05, 3.63) is 53.4 Å². The average Bonchev–Trinajstić information content (AvgIpc) is 3.52. The van der Waals surface area contributed by atoms with Crippen LogP contribution in [0.1, 0.15) is 27.4 Å². The molecule has 3 N–H and O–H groups in total. The van der Waals surface area contributed by atoms with Crippen molar-refractivity contribution in [2.24, 2.45) is 19.8 Å².